The van der Waals surface area contributed by atoms with Crippen LogP contribution < -0.4 is 5.73 Å². The summed E-state index contributed by atoms with van der Waals surface area (Å²) in [6.45, 7) is 6.74. The van der Waals surface area contributed by atoms with Gasteiger partial charge in [0.05, 0.1) is 79.6 Å². The van der Waals surface area contributed by atoms with Crippen molar-refractivity contribution in [1.29, 1.82) is 0 Å². The molecule has 3 rings (SSSR count). The first-order valence-corrected chi connectivity index (χ1v) is 22.3. The third-order valence-corrected chi connectivity index (χ3v) is 12.0. The Labute approximate surface area is 381 Å². The lowest BCUT2D eigenvalue weighted by molar-refractivity contribution is -0.308. The number of carbonyl (C=O) groups excluding carboxylic acids is 1. The van der Waals surface area contributed by atoms with Crippen molar-refractivity contribution in [2.75, 3.05) is 0 Å². The molecule has 18 nitrogen and oxygen atoms in total. The normalized spacial score (nSPS) is 45.5. The Morgan fingerprint density at radius 2 is 1.23 bits per heavy atom. The second kappa shape index (κ2) is 27.4. The summed E-state index contributed by atoms with van der Waals surface area (Å²) < 4.78 is 23.1. The van der Waals surface area contributed by atoms with Gasteiger partial charge in [-0.1, -0.05) is 98.9 Å². The number of hydrogen-bond donors (Lipinski definition) is 12. The zero-order chi connectivity index (χ0) is 48.4. The van der Waals surface area contributed by atoms with E-state index in [0.717, 1.165) is 0 Å². The molecule has 2 bridgehead atoms. The first-order valence-electron chi connectivity index (χ1n) is 22.3. The van der Waals surface area contributed by atoms with Crippen LogP contribution in [-0.4, -0.2) is 166 Å². The number of aliphatic hydroxyl groups is 10. The van der Waals surface area contributed by atoms with Crippen LogP contribution in [0.15, 0.2) is 85.1 Å². The molecule has 13 N–H and O–H groups in total. The van der Waals surface area contributed by atoms with E-state index < -0.39 is 147 Å². The molecule has 0 aromatic heterocycles. The topological polar surface area (TPSA) is 320 Å². The van der Waals surface area contributed by atoms with E-state index in [1.807, 2.05) is 19.1 Å². The predicted molar refractivity (Wildman–Crippen MR) is 237 cm³/mol. The van der Waals surface area contributed by atoms with Crippen molar-refractivity contribution in [2.45, 2.75) is 177 Å². The first kappa shape index (κ1) is 55.9. The number of fused-ring (bicyclic) bond motifs is 2. The number of rotatable bonds is 3. The molecule has 0 radical (unpaired) electrons. The molecule has 0 aliphatic carbocycles. The van der Waals surface area contributed by atoms with Crippen LogP contribution in [0.4, 0.5) is 0 Å². The number of carboxylic acids is 1. The number of carboxylic acid groups (broad SMARTS) is 1. The van der Waals surface area contributed by atoms with Crippen LogP contribution in [0.25, 0.3) is 0 Å². The molecule has 2 fully saturated rings. The van der Waals surface area contributed by atoms with E-state index >= 15 is 0 Å². The fraction of sp³-hybridized carbons (Fsp3) is 0.660. The second-order valence-corrected chi connectivity index (χ2v) is 17.6. The summed E-state index contributed by atoms with van der Waals surface area (Å²) in [5, 5.41) is 118. The summed E-state index contributed by atoms with van der Waals surface area (Å²) in [4.78, 5) is 25.1. The van der Waals surface area contributed by atoms with Crippen molar-refractivity contribution in [2.24, 2.45) is 23.5 Å². The van der Waals surface area contributed by atoms with Gasteiger partial charge in [0.2, 0.25) is 0 Å². The summed E-state index contributed by atoms with van der Waals surface area (Å²) in [5.74, 6) is -6.83. The summed E-state index contributed by atoms with van der Waals surface area (Å²) in [6.07, 6.45) is 3.46. The molecule has 0 spiro atoms. The highest BCUT2D eigenvalue weighted by atomic mass is 16.7. The summed E-state index contributed by atoms with van der Waals surface area (Å²) >= 11 is 0. The SMILES string of the molecule is C[C@@H]1[C@H](O)[C@H](C)/C=C/C=C/C=C/C=C/C=C/C=C/C=C/[C@H](O[C@@H]2O[C@H](C)[C@@H](O)[C@H](N)[C@@H]2O)CC2O[C@](O)(C[C@H](O)C[C@@H](O)[C@@H](O)CC[C@H](O)C[C@@H](O)CC(=O)O[C@H]1C)C[C@H](O)[C@H]2C(=O)O. The van der Waals surface area contributed by atoms with Crippen molar-refractivity contribution in [3.05, 3.63) is 85.1 Å². The van der Waals surface area contributed by atoms with E-state index in [2.05, 4.69) is 0 Å². The zero-order valence-electron chi connectivity index (χ0n) is 37.6. The quantitative estimate of drug-likeness (QED) is 0.174. The Morgan fingerprint density at radius 1 is 0.662 bits per heavy atom. The molecule has 2 saturated heterocycles. The van der Waals surface area contributed by atoms with Gasteiger partial charge in [-0.2, -0.15) is 0 Å². The predicted octanol–water partition coefficient (Wildman–Crippen LogP) is 0.712. The van der Waals surface area contributed by atoms with Crippen LogP contribution in [-0.2, 0) is 28.5 Å². The molecule has 0 aromatic carbocycles. The lowest BCUT2D eigenvalue weighted by Gasteiger charge is -2.45. The number of esters is 1. The number of cyclic esters (lactones) is 1. The molecular weight excluding hydrogens is 851 g/mol. The maximum Gasteiger partial charge on any atom is 0.311 e. The molecule has 0 amide bonds. The Hall–Kier alpha value is -3.44. The molecule has 1 unspecified atom stereocenters. The summed E-state index contributed by atoms with van der Waals surface area (Å²) in [6, 6.07) is -1.15. The lowest BCUT2D eigenvalue weighted by atomic mass is 9.82. The monoisotopic (exact) mass is 923 g/mol. The van der Waals surface area contributed by atoms with E-state index in [9.17, 15) is 65.8 Å². The average Bonchev–Trinajstić information content (AvgIpc) is 3.21. The summed E-state index contributed by atoms with van der Waals surface area (Å²) in [5.41, 5.74) is 6.02. The zero-order valence-corrected chi connectivity index (χ0v) is 37.6. The van der Waals surface area contributed by atoms with Crippen molar-refractivity contribution < 1.29 is 84.7 Å². The Bertz CT molecular complexity index is 1670. The minimum absolute atomic E-state index is 0.107. The lowest BCUT2D eigenvalue weighted by Crippen LogP contribution is -2.61. The number of nitrogens with two attached hydrogens (primary N) is 1. The number of allylic oxidation sites excluding steroid dienone is 12. The second-order valence-electron chi connectivity index (χ2n) is 17.6. The minimum atomic E-state index is -2.33. The molecular formula is C47H73NO17. The molecule has 0 saturated carbocycles. The van der Waals surface area contributed by atoms with Crippen LogP contribution >= 0.6 is 0 Å². The Morgan fingerprint density at radius 3 is 1.82 bits per heavy atom. The molecule has 368 valence electrons. The first-order chi connectivity index (χ1) is 30.6. The van der Waals surface area contributed by atoms with Crippen molar-refractivity contribution in [3.63, 3.8) is 0 Å². The van der Waals surface area contributed by atoms with E-state index in [-0.39, 0.29) is 31.6 Å². The van der Waals surface area contributed by atoms with Gasteiger partial charge in [0.1, 0.15) is 18.1 Å². The fourth-order valence-corrected chi connectivity index (χ4v) is 7.97. The Kier molecular flexibility index (Phi) is 23.6. The number of hydrogen-bond acceptors (Lipinski definition) is 17. The van der Waals surface area contributed by atoms with Crippen molar-refractivity contribution in [3.8, 4) is 0 Å². The third-order valence-electron chi connectivity index (χ3n) is 12.0. The van der Waals surface area contributed by atoms with Gasteiger partial charge in [0.15, 0.2) is 12.1 Å². The van der Waals surface area contributed by atoms with Gasteiger partial charge in [-0.25, -0.2) is 0 Å². The molecule has 3 aliphatic rings. The molecule has 18 heteroatoms. The third kappa shape index (κ3) is 18.6. The van der Waals surface area contributed by atoms with Crippen molar-refractivity contribution in [1.82, 2.24) is 0 Å². The van der Waals surface area contributed by atoms with Crippen molar-refractivity contribution >= 4 is 11.9 Å². The molecule has 65 heavy (non-hydrogen) atoms. The maximum absolute atomic E-state index is 12.6. The van der Waals surface area contributed by atoms with Crippen LogP contribution in [0.1, 0.15) is 79.1 Å². The van der Waals surface area contributed by atoms with Gasteiger partial charge < -0.3 is 80.9 Å². The van der Waals surface area contributed by atoms with Gasteiger partial charge in [0.25, 0.3) is 0 Å². The molecule has 3 heterocycles. The number of aliphatic hydroxyl groups excluding tert-OH is 9. The Balaban J connectivity index is 1.86. The van der Waals surface area contributed by atoms with Crippen LogP contribution in [0.2, 0.25) is 0 Å². The van der Waals surface area contributed by atoms with Crippen LogP contribution in [0, 0.1) is 17.8 Å². The maximum atomic E-state index is 12.6. The van der Waals surface area contributed by atoms with Gasteiger partial charge in [0, 0.05) is 37.5 Å². The van der Waals surface area contributed by atoms with Gasteiger partial charge in [-0.3, -0.25) is 9.59 Å². The van der Waals surface area contributed by atoms with E-state index in [1.165, 1.54) is 13.0 Å². The standard InChI is InChI=1S/C47H73NO17/c1-27-17-15-13-11-9-7-5-6-8-10-12-14-16-18-34(64-46-44(58)41(48)43(57)30(4)63-46)24-38-40(45(59)60)37(54)26-47(61,65-38)25-33(51)22-36(53)35(52)20-19-31(49)21-32(50)23-39(55)62-29(3)28(2)42(27)56/h5-18,27-38,40-44,46,49-54,56-58,61H,19-26,48H2,1-4H3,(H,59,60)/b6-5+,9-7+,10-8+,13-11+,14-12+,17-15+,18-16+/t27-,28+,29+,30-,31+,32-,33-,34+,35+,36-,37+,38?,40-,41+,42-,43-,44+,46+,47-/m1/s1. The largest absolute Gasteiger partial charge is 0.481 e. The van der Waals surface area contributed by atoms with Crippen LogP contribution in [0.5, 0.6) is 0 Å². The van der Waals surface area contributed by atoms with Gasteiger partial charge >= 0.3 is 11.9 Å². The van der Waals surface area contributed by atoms with Gasteiger partial charge in [-0.15, -0.1) is 0 Å². The highest BCUT2D eigenvalue weighted by Gasteiger charge is 2.51. The fourth-order valence-electron chi connectivity index (χ4n) is 7.97. The summed E-state index contributed by atoms with van der Waals surface area (Å²) in [7, 11) is 0. The highest BCUT2D eigenvalue weighted by molar-refractivity contribution is 5.71. The van der Waals surface area contributed by atoms with E-state index in [0.29, 0.717) is 0 Å². The number of ether oxygens (including phenoxy) is 4. The van der Waals surface area contributed by atoms with Gasteiger partial charge in [-0.05, 0) is 33.1 Å². The average molecular weight is 924 g/mol. The van der Waals surface area contributed by atoms with E-state index in [4.69, 9.17) is 24.7 Å². The number of carbonyl (C=O) groups is 2. The number of aliphatic carboxylic acids is 1. The van der Waals surface area contributed by atoms with Crippen LogP contribution in [0.3, 0.4) is 0 Å². The highest BCUT2D eigenvalue weighted by Crippen LogP contribution is 2.38. The molecule has 0 aromatic rings. The van der Waals surface area contributed by atoms with E-state index in [1.54, 1.807) is 80.7 Å². The smallest absolute Gasteiger partial charge is 0.311 e. The minimum Gasteiger partial charge on any atom is -0.481 e. The molecule has 3 aliphatic heterocycles. The molecule has 19 atom stereocenters.